The average molecular weight is 316 g/mol. The first-order chi connectivity index (χ1) is 10.6. The van der Waals surface area contributed by atoms with E-state index in [1.807, 2.05) is 0 Å². The summed E-state index contributed by atoms with van der Waals surface area (Å²) in [6.45, 7) is 0.464. The van der Waals surface area contributed by atoms with Crippen LogP contribution >= 0.6 is 11.3 Å². The van der Waals surface area contributed by atoms with E-state index in [0.29, 0.717) is 35.5 Å². The summed E-state index contributed by atoms with van der Waals surface area (Å²) in [5.41, 5.74) is 0.951. The van der Waals surface area contributed by atoms with Crippen molar-refractivity contribution in [3.8, 4) is 0 Å². The summed E-state index contributed by atoms with van der Waals surface area (Å²) < 4.78 is 0. The molecule has 1 aromatic heterocycles. The van der Waals surface area contributed by atoms with Crippen molar-refractivity contribution in [1.29, 1.82) is 0 Å². The highest BCUT2D eigenvalue weighted by atomic mass is 32.1. The highest BCUT2D eigenvalue weighted by Gasteiger charge is 2.27. The number of benzene rings is 1. The maximum atomic E-state index is 12.7. The average Bonchev–Trinajstić information content (AvgIpc) is 2.94. The third-order valence-electron chi connectivity index (χ3n) is 3.54. The highest BCUT2D eigenvalue weighted by Crippen LogP contribution is 2.32. The molecule has 0 saturated heterocycles. The van der Waals surface area contributed by atoms with E-state index < -0.39 is 4.92 Å². The van der Waals surface area contributed by atoms with Crippen molar-refractivity contribution in [1.82, 2.24) is 0 Å². The summed E-state index contributed by atoms with van der Waals surface area (Å²) in [5.74, 6) is -0.187. The number of anilines is 1. The van der Waals surface area contributed by atoms with Gasteiger partial charge in [0.15, 0.2) is 5.78 Å². The Morgan fingerprint density at radius 1 is 1.23 bits per heavy atom. The first-order valence-electron chi connectivity index (χ1n) is 6.75. The van der Waals surface area contributed by atoms with E-state index in [2.05, 4.69) is 0 Å². The smallest absolute Gasteiger partial charge is 0.269 e. The van der Waals surface area contributed by atoms with Gasteiger partial charge >= 0.3 is 0 Å². The number of hydrogen-bond acceptors (Lipinski definition) is 5. The number of hydrogen-bond donors (Lipinski definition) is 0. The lowest BCUT2D eigenvalue weighted by Gasteiger charge is -2.20. The second-order valence-electron chi connectivity index (χ2n) is 4.92. The molecule has 0 radical (unpaired) electrons. The quantitative estimate of drug-likeness (QED) is 0.629. The SMILES string of the molecule is O=C1CCCN(C(=O)c2ccc([N+](=O)[O-])cc2)c2ccsc21. The van der Waals surface area contributed by atoms with E-state index in [0.717, 1.165) is 0 Å². The van der Waals surface area contributed by atoms with Crippen molar-refractivity contribution >= 4 is 34.4 Å². The van der Waals surface area contributed by atoms with Crippen LogP contribution < -0.4 is 4.90 Å². The van der Waals surface area contributed by atoms with E-state index in [9.17, 15) is 19.7 Å². The number of ketones is 1. The van der Waals surface area contributed by atoms with Crippen molar-refractivity contribution in [2.75, 3.05) is 11.4 Å². The van der Waals surface area contributed by atoms with Gasteiger partial charge in [0.25, 0.3) is 11.6 Å². The number of nitro groups is 1. The monoisotopic (exact) mass is 316 g/mol. The van der Waals surface area contributed by atoms with Crippen molar-refractivity contribution in [2.45, 2.75) is 12.8 Å². The molecule has 0 saturated carbocycles. The molecular formula is C15H12N2O4S. The summed E-state index contributed by atoms with van der Waals surface area (Å²) in [4.78, 5) is 37.0. The van der Waals surface area contributed by atoms with Gasteiger partial charge in [0.1, 0.15) is 0 Å². The predicted molar refractivity (Wildman–Crippen MR) is 82.7 cm³/mol. The fraction of sp³-hybridized carbons (Fsp3) is 0.200. The fourth-order valence-corrected chi connectivity index (χ4v) is 3.31. The third-order valence-corrected chi connectivity index (χ3v) is 4.49. The van der Waals surface area contributed by atoms with Gasteiger partial charge < -0.3 is 4.90 Å². The minimum atomic E-state index is -0.504. The molecule has 0 spiro atoms. The Balaban J connectivity index is 1.93. The van der Waals surface area contributed by atoms with Gasteiger partial charge in [-0.1, -0.05) is 0 Å². The van der Waals surface area contributed by atoms with E-state index in [-0.39, 0.29) is 17.4 Å². The van der Waals surface area contributed by atoms with Crippen LogP contribution in [0.5, 0.6) is 0 Å². The Hall–Kier alpha value is -2.54. The zero-order valence-corrected chi connectivity index (χ0v) is 12.3. The van der Waals surface area contributed by atoms with Crippen molar-refractivity contribution in [3.63, 3.8) is 0 Å². The topological polar surface area (TPSA) is 80.5 Å². The predicted octanol–water partition coefficient (Wildman–Crippen LogP) is 3.28. The van der Waals surface area contributed by atoms with Crippen LogP contribution in [0.25, 0.3) is 0 Å². The summed E-state index contributed by atoms with van der Waals surface area (Å²) in [7, 11) is 0. The minimum absolute atomic E-state index is 0.0567. The lowest BCUT2D eigenvalue weighted by molar-refractivity contribution is -0.384. The van der Waals surface area contributed by atoms with Crippen LogP contribution in [0.3, 0.4) is 0 Å². The number of carbonyl (C=O) groups is 2. The van der Waals surface area contributed by atoms with Crippen LogP contribution in [0.2, 0.25) is 0 Å². The standard InChI is InChI=1S/C15H12N2O4S/c18-13-2-1-8-16(12-7-9-22-14(12)13)15(19)10-3-5-11(6-4-10)17(20)21/h3-7,9H,1-2,8H2. The molecule has 0 bridgehead atoms. The largest absolute Gasteiger partial charge is 0.307 e. The lowest BCUT2D eigenvalue weighted by atomic mass is 10.1. The Bertz CT molecular complexity index is 751. The number of amides is 1. The Kier molecular flexibility index (Phi) is 3.72. The number of rotatable bonds is 2. The number of non-ortho nitro benzene ring substituents is 1. The Morgan fingerprint density at radius 3 is 2.64 bits per heavy atom. The first kappa shape index (κ1) is 14.4. The van der Waals surface area contributed by atoms with Crippen molar-refractivity contribution < 1.29 is 14.5 Å². The van der Waals surface area contributed by atoms with Gasteiger partial charge in [0, 0.05) is 30.7 Å². The molecule has 0 aliphatic carbocycles. The molecule has 1 aliphatic rings. The van der Waals surface area contributed by atoms with Crippen molar-refractivity contribution in [2.24, 2.45) is 0 Å². The summed E-state index contributed by atoms with van der Waals surface area (Å²) >= 11 is 1.34. The van der Waals surface area contributed by atoms with Crippen LogP contribution in [0.4, 0.5) is 11.4 Å². The van der Waals surface area contributed by atoms with Crippen LogP contribution in [0.1, 0.15) is 32.9 Å². The lowest BCUT2D eigenvalue weighted by Crippen LogP contribution is -2.31. The van der Waals surface area contributed by atoms with Crippen LogP contribution in [-0.4, -0.2) is 23.2 Å². The zero-order valence-electron chi connectivity index (χ0n) is 11.5. The number of carbonyl (C=O) groups excluding carboxylic acids is 2. The molecule has 3 rings (SSSR count). The summed E-state index contributed by atoms with van der Waals surface area (Å²) in [5, 5.41) is 12.5. The maximum Gasteiger partial charge on any atom is 0.269 e. The van der Waals surface area contributed by atoms with Gasteiger partial charge in [-0.2, -0.15) is 0 Å². The van der Waals surface area contributed by atoms with Crippen LogP contribution in [-0.2, 0) is 0 Å². The van der Waals surface area contributed by atoms with Gasteiger partial charge in [-0.05, 0) is 30.0 Å². The highest BCUT2D eigenvalue weighted by molar-refractivity contribution is 7.12. The number of Topliss-reactive ketones (excluding diaryl/α,β-unsaturated/α-hetero) is 1. The molecule has 22 heavy (non-hydrogen) atoms. The second kappa shape index (κ2) is 5.69. The van der Waals surface area contributed by atoms with E-state index in [1.54, 1.807) is 16.3 Å². The molecule has 2 aromatic rings. The Morgan fingerprint density at radius 2 is 1.95 bits per heavy atom. The molecular weight excluding hydrogens is 304 g/mol. The summed E-state index contributed by atoms with van der Waals surface area (Å²) in [6, 6.07) is 7.28. The molecule has 2 heterocycles. The van der Waals surface area contributed by atoms with Crippen molar-refractivity contribution in [3.05, 3.63) is 56.3 Å². The number of fused-ring (bicyclic) bond motifs is 1. The van der Waals surface area contributed by atoms with Gasteiger partial charge in [0.05, 0.1) is 15.5 Å². The summed E-state index contributed by atoms with van der Waals surface area (Å²) in [6.07, 6.45) is 1.04. The van der Waals surface area contributed by atoms with Gasteiger partial charge in [-0.3, -0.25) is 19.7 Å². The molecule has 0 fully saturated rings. The molecule has 0 N–H and O–H groups in total. The molecule has 1 aliphatic heterocycles. The van der Waals surface area contributed by atoms with Gasteiger partial charge in [-0.25, -0.2) is 0 Å². The third kappa shape index (κ3) is 2.50. The molecule has 1 amide bonds. The molecule has 7 heteroatoms. The van der Waals surface area contributed by atoms with Crippen LogP contribution in [0, 0.1) is 10.1 Å². The van der Waals surface area contributed by atoms with Gasteiger partial charge in [0.2, 0.25) is 0 Å². The fourth-order valence-electron chi connectivity index (χ4n) is 2.45. The van der Waals surface area contributed by atoms with E-state index in [4.69, 9.17) is 0 Å². The van der Waals surface area contributed by atoms with E-state index in [1.165, 1.54) is 35.6 Å². The number of thiophene rings is 1. The van der Waals surface area contributed by atoms with Gasteiger partial charge in [-0.15, -0.1) is 11.3 Å². The number of nitro benzene ring substituents is 1. The molecule has 6 nitrogen and oxygen atoms in total. The number of nitrogens with zero attached hydrogens (tertiary/aromatic N) is 2. The first-order valence-corrected chi connectivity index (χ1v) is 7.63. The Labute approximate surface area is 130 Å². The minimum Gasteiger partial charge on any atom is -0.307 e. The molecule has 1 aromatic carbocycles. The molecule has 0 atom stereocenters. The van der Waals surface area contributed by atoms with E-state index >= 15 is 0 Å². The zero-order chi connectivity index (χ0) is 15.7. The maximum absolute atomic E-state index is 12.7. The second-order valence-corrected chi connectivity index (χ2v) is 5.84. The van der Waals surface area contributed by atoms with Crippen LogP contribution in [0.15, 0.2) is 35.7 Å². The molecule has 0 unspecified atom stereocenters. The molecule has 112 valence electrons. The normalized spacial score (nSPS) is 14.4.